The van der Waals surface area contributed by atoms with Gasteiger partial charge in [0, 0.05) is 11.1 Å². The molecule has 4 unspecified atom stereocenters. The van der Waals surface area contributed by atoms with Crippen molar-refractivity contribution in [3.8, 4) is 0 Å². The van der Waals surface area contributed by atoms with E-state index in [-0.39, 0.29) is 11.1 Å². The summed E-state index contributed by atoms with van der Waals surface area (Å²) in [4.78, 5) is 39.8. The summed E-state index contributed by atoms with van der Waals surface area (Å²) in [5.41, 5.74) is 0.0821. The lowest BCUT2D eigenvalue weighted by atomic mass is 10.1. The molecule has 0 saturated carbocycles. The monoisotopic (exact) mass is 464 g/mol. The van der Waals surface area contributed by atoms with E-state index in [0.29, 0.717) is 0 Å². The number of ketones is 1. The van der Waals surface area contributed by atoms with E-state index in [1.54, 1.807) is 6.92 Å². The minimum absolute atomic E-state index is 0.0410. The van der Waals surface area contributed by atoms with Crippen LogP contribution in [0, 0.1) is 0 Å². The average Bonchev–Trinajstić information content (AvgIpc) is 2.64. The number of hydrogen-bond donors (Lipinski definition) is 1. The van der Waals surface area contributed by atoms with Crippen LogP contribution < -0.4 is 0 Å². The Morgan fingerprint density at radius 1 is 0.903 bits per heavy atom. The molecule has 0 aliphatic carbocycles. The fourth-order valence-corrected chi connectivity index (χ4v) is 3.32. The first-order chi connectivity index (χ1) is 14.3. The smallest absolute Gasteiger partial charge is 0.432 e. The number of hydrogen-bond acceptors (Lipinski definition) is 11. The zero-order valence-electron chi connectivity index (χ0n) is 18.4. The zero-order chi connectivity index (χ0) is 24.4. The number of ether oxygens (including phenoxy) is 2. The Kier molecular flexibility index (Phi) is 12.4. The summed E-state index contributed by atoms with van der Waals surface area (Å²) in [5.74, 6) is -2.45. The van der Waals surface area contributed by atoms with E-state index in [9.17, 15) is 18.9 Å². The zero-order valence-corrected chi connectivity index (χ0v) is 19.2. The molecule has 0 heterocycles. The van der Waals surface area contributed by atoms with Gasteiger partial charge in [-0.15, -0.1) is 0 Å². The number of carbonyl (C=O) groups excluding carboxylic acids is 3. The fraction of sp³-hybridized carbons (Fsp3) is 0.526. The van der Waals surface area contributed by atoms with Crippen molar-refractivity contribution < 1.29 is 52.1 Å². The van der Waals surface area contributed by atoms with Gasteiger partial charge in [-0.25, -0.2) is 28.1 Å². The van der Waals surface area contributed by atoms with Gasteiger partial charge in [0.25, 0.3) is 0 Å². The molecule has 0 aliphatic heterocycles. The predicted octanol–water partition coefficient (Wildman–Crippen LogP) is 3.47. The number of rotatable bonds is 14. The molecule has 0 rings (SSSR count). The molecule has 0 saturated heterocycles. The van der Waals surface area contributed by atoms with Crippen LogP contribution in [0.1, 0.15) is 41.5 Å². The molecule has 4 atom stereocenters. The molecule has 0 aromatic heterocycles. The molecule has 0 aromatic carbocycles. The van der Waals surface area contributed by atoms with Crippen LogP contribution in [0.15, 0.2) is 36.5 Å². The van der Waals surface area contributed by atoms with Gasteiger partial charge in [-0.3, -0.25) is 14.6 Å². The molecule has 1 N–H and O–H groups in total. The van der Waals surface area contributed by atoms with Crippen molar-refractivity contribution in [1.29, 1.82) is 0 Å². The second kappa shape index (κ2) is 13.3. The number of phosphoric acid groups is 1. The van der Waals surface area contributed by atoms with Crippen LogP contribution in [-0.4, -0.2) is 47.8 Å². The quantitative estimate of drug-likeness (QED) is 0.101. The van der Waals surface area contributed by atoms with E-state index in [1.165, 1.54) is 40.7 Å². The number of phosphoric ester groups is 1. The molecule has 11 nitrogen and oxygen atoms in total. The normalized spacial score (nSPS) is 17.1. The van der Waals surface area contributed by atoms with Gasteiger partial charge in [0.05, 0.1) is 0 Å². The van der Waals surface area contributed by atoms with Crippen molar-refractivity contribution in [3.63, 3.8) is 0 Å². The van der Waals surface area contributed by atoms with E-state index >= 15 is 0 Å². The van der Waals surface area contributed by atoms with Crippen molar-refractivity contribution in [2.75, 3.05) is 0 Å². The maximum absolute atomic E-state index is 13.3. The van der Waals surface area contributed by atoms with Crippen LogP contribution in [-0.2, 0) is 46.9 Å². The highest BCUT2D eigenvalue weighted by Gasteiger charge is 2.41. The van der Waals surface area contributed by atoms with Gasteiger partial charge in [-0.05, 0) is 47.6 Å². The third kappa shape index (κ3) is 10.6. The molecule has 0 bridgehead atoms. The SMILES string of the molecule is C=C(C)C(=O)OC(C)OP(=O)(OC(C)OC(=O)C(=C)C)OC(C(=O)/C=C/C)C(C)OO. The number of carbonyl (C=O) groups is 3. The molecule has 176 valence electrons. The second-order valence-corrected chi connectivity index (χ2v) is 7.93. The van der Waals surface area contributed by atoms with Gasteiger partial charge in [-0.1, -0.05) is 19.2 Å². The lowest BCUT2D eigenvalue weighted by molar-refractivity contribution is -0.287. The summed E-state index contributed by atoms with van der Waals surface area (Å²) in [6.45, 7) is 14.8. The standard InChI is InChI=1S/C19H29O11P/c1-9-10-16(20)17(13(6)27-23)30-31(24,28-14(7)25-18(21)11(2)3)29-15(8)26-19(22)12(4)5/h9-10,13-15,17,23H,2,4H2,1,3,5-8H3/b10-9+. The van der Waals surface area contributed by atoms with Crippen molar-refractivity contribution in [3.05, 3.63) is 36.5 Å². The summed E-state index contributed by atoms with van der Waals surface area (Å²) >= 11 is 0. The Morgan fingerprint density at radius 2 is 1.32 bits per heavy atom. The number of allylic oxidation sites excluding steroid dienone is 1. The van der Waals surface area contributed by atoms with Crippen molar-refractivity contribution in [2.45, 2.75) is 66.3 Å². The van der Waals surface area contributed by atoms with E-state index in [4.69, 9.17) is 28.3 Å². The first-order valence-electron chi connectivity index (χ1n) is 9.11. The van der Waals surface area contributed by atoms with Crippen molar-refractivity contribution in [2.24, 2.45) is 0 Å². The first kappa shape index (κ1) is 28.9. The molecule has 0 fully saturated rings. The Balaban J connectivity index is 5.80. The number of esters is 2. The van der Waals surface area contributed by atoms with E-state index in [0.717, 1.165) is 6.08 Å². The minimum Gasteiger partial charge on any atom is -0.432 e. The molecular weight excluding hydrogens is 435 g/mol. The maximum atomic E-state index is 13.3. The summed E-state index contributed by atoms with van der Waals surface area (Å²) in [5, 5.41) is 8.96. The Bertz CT molecular complexity index is 718. The molecule has 12 heteroatoms. The molecule has 0 aromatic rings. The highest BCUT2D eigenvalue weighted by molar-refractivity contribution is 7.48. The summed E-state index contributed by atoms with van der Waals surface area (Å²) in [6, 6.07) is 0. The highest BCUT2D eigenvalue weighted by Crippen LogP contribution is 2.53. The first-order valence-corrected chi connectivity index (χ1v) is 10.6. The van der Waals surface area contributed by atoms with Gasteiger partial charge in [0.15, 0.2) is 11.9 Å². The molecule has 0 radical (unpaired) electrons. The van der Waals surface area contributed by atoms with Crippen molar-refractivity contribution >= 4 is 25.5 Å². The lowest BCUT2D eigenvalue weighted by Gasteiger charge is -2.28. The second-order valence-electron chi connectivity index (χ2n) is 6.40. The predicted molar refractivity (Wildman–Crippen MR) is 108 cm³/mol. The molecule has 0 aliphatic rings. The lowest BCUT2D eigenvalue weighted by Crippen LogP contribution is -2.36. The van der Waals surface area contributed by atoms with Gasteiger partial charge < -0.3 is 9.47 Å². The fourth-order valence-electron chi connectivity index (χ4n) is 1.81. The molecule has 0 spiro atoms. The van der Waals surface area contributed by atoms with Gasteiger partial charge in [0.2, 0.25) is 12.6 Å². The topological polar surface area (TPSA) is 144 Å². The average molecular weight is 464 g/mol. The molecule has 31 heavy (non-hydrogen) atoms. The summed E-state index contributed by atoms with van der Waals surface area (Å²) in [7, 11) is -4.76. The van der Waals surface area contributed by atoms with E-state index in [1.807, 2.05) is 0 Å². The summed E-state index contributed by atoms with van der Waals surface area (Å²) < 4.78 is 38.5. The minimum atomic E-state index is -4.76. The van der Waals surface area contributed by atoms with Crippen LogP contribution in [0.25, 0.3) is 0 Å². The van der Waals surface area contributed by atoms with Crippen LogP contribution in [0.2, 0.25) is 0 Å². The Hall–Kier alpha value is -2.14. The summed E-state index contributed by atoms with van der Waals surface area (Å²) in [6.07, 6.45) is -3.46. The van der Waals surface area contributed by atoms with Gasteiger partial charge in [0.1, 0.15) is 6.10 Å². The molecular formula is C19H29O11P. The Morgan fingerprint density at radius 3 is 1.65 bits per heavy atom. The third-order valence-electron chi connectivity index (χ3n) is 3.24. The largest absolute Gasteiger partial charge is 0.481 e. The van der Waals surface area contributed by atoms with Crippen LogP contribution in [0.4, 0.5) is 0 Å². The van der Waals surface area contributed by atoms with Crippen LogP contribution in [0.5, 0.6) is 0 Å². The highest BCUT2D eigenvalue weighted by atomic mass is 31.2. The third-order valence-corrected chi connectivity index (χ3v) is 4.84. The van der Waals surface area contributed by atoms with E-state index < -0.39 is 50.3 Å². The Labute approximate surface area is 181 Å². The molecule has 0 amide bonds. The van der Waals surface area contributed by atoms with E-state index in [2.05, 4.69) is 18.0 Å². The maximum Gasteiger partial charge on any atom is 0.481 e. The van der Waals surface area contributed by atoms with Crippen LogP contribution in [0.3, 0.4) is 0 Å². The van der Waals surface area contributed by atoms with Gasteiger partial charge >= 0.3 is 19.8 Å². The van der Waals surface area contributed by atoms with Crippen molar-refractivity contribution in [1.82, 2.24) is 0 Å². The van der Waals surface area contributed by atoms with Gasteiger partial charge in [-0.2, -0.15) is 0 Å². The van der Waals surface area contributed by atoms with Crippen LogP contribution >= 0.6 is 7.82 Å².